The first-order chi connectivity index (χ1) is 16.8. The van der Waals surface area contributed by atoms with Crippen molar-refractivity contribution in [2.75, 3.05) is 5.32 Å². The van der Waals surface area contributed by atoms with E-state index in [9.17, 15) is 18.8 Å². The van der Waals surface area contributed by atoms with Gasteiger partial charge in [0, 0.05) is 16.8 Å². The highest BCUT2D eigenvalue weighted by Crippen LogP contribution is 2.15. The SMILES string of the molecule is O=C(O)C[C@H](Cc1cccc(Cl)c1)NC(=O)OCc1ccc(NC(=O)Cc2ccc(F)cc2)cc1. The zero-order chi connectivity index (χ0) is 25.2. The molecule has 0 bridgehead atoms. The molecule has 0 unspecified atom stereocenters. The van der Waals surface area contributed by atoms with Crippen LogP contribution in [0.3, 0.4) is 0 Å². The van der Waals surface area contributed by atoms with E-state index in [0.29, 0.717) is 21.8 Å². The first kappa shape index (κ1) is 25.7. The zero-order valence-electron chi connectivity index (χ0n) is 18.7. The molecule has 9 heteroatoms. The molecular formula is C26H24ClFN2O5. The summed E-state index contributed by atoms with van der Waals surface area (Å²) in [6, 6.07) is 18.7. The van der Waals surface area contributed by atoms with Crippen molar-refractivity contribution < 1.29 is 28.6 Å². The first-order valence-corrected chi connectivity index (χ1v) is 11.2. The molecule has 3 aromatic rings. The van der Waals surface area contributed by atoms with Crippen LogP contribution >= 0.6 is 11.6 Å². The van der Waals surface area contributed by atoms with Gasteiger partial charge in [-0.05, 0) is 59.5 Å². The highest BCUT2D eigenvalue weighted by Gasteiger charge is 2.18. The minimum absolute atomic E-state index is 0.0351. The number of halogens is 2. The van der Waals surface area contributed by atoms with E-state index in [1.807, 2.05) is 0 Å². The standard InChI is InChI=1S/C26H24ClFN2O5/c27-20-3-1-2-19(12-20)13-23(15-25(32)33)30-26(34)35-16-18-6-10-22(11-7-18)29-24(31)14-17-4-8-21(28)9-5-17/h1-12,23H,13-16H2,(H,29,31)(H,30,34)(H,32,33)/t23-/m0/s1. The number of nitrogens with one attached hydrogen (secondary N) is 2. The molecule has 1 atom stereocenters. The van der Waals surface area contributed by atoms with Crippen LogP contribution in [0.25, 0.3) is 0 Å². The van der Waals surface area contributed by atoms with E-state index in [1.165, 1.54) is 12.1 Å². The summed E-state index contributed by atoms with van der Waals surface area (Å²) >= 11 is 5.97. The summed E-state index contributed by atoms with van der Waals surface area (Å²) in [5.74, 6) is -1.65. The molecule has 0 saturated carbocycles. The van der Waals surface area contributed by atoms with Crippen LogP contribution in [0.1, 0.15) is 23.1 Å². The smallest absolute Gasteiger partial charge is 0.407 e. The molecule has 2 amide bonds. The van der Waals surface area contributed by atoms with Crippen molar-refractivity contribution in [2.45, 2.75) is 31.9 Å². The molecule has 0 aromatic heterocycles. The maximum Gasteiger partial charge on any atom is 0.407 e. The van der Waals surface area contributed by atoms with Crippen LogP contribution in [0.2, 0.25) is 5.02 Å². The lowest BCUT2D eigenvalue weighted by Gasteiger charge is -2.17. The highest BCUT2D eigenvalue weighted by atomic mass is 35.5. The fourth-order valence-corrected chi connectivity index (χ4v) is 3.58. The van der Waals surface area contributed by atoms with E-state index in [4.69, 9.17) is 21.4 Å². The van der Waals surface area contributed by atoms with E-state index < -0.39 is 18.1 Å². The average Bonchev–Trinajstić information content (AvgIpc) is 2.80. The summed E-state index contributed by atoms with van der Waals surface area (Å²) in [6.07, 6.45) is -0.616. The number of alkyl carbamates (subject to hydrolysis) is 1. The molecule has 7 nitrogen and oxygen atoms in total. The predicted octanol–water partition coefficient (Wildman–Crippen LogP) is 4.97. The number of benzene rings is 3. The Balaban J connectivity index is 1.47. The quantitative estimate of drug-likeness (QED) is 0.366. The van der Waals surface area contributed by atoms with Crippen LogP contribution in [0.5, 0.6) is 0 Å². The number of hydrogen-bond acceptors (Lipinski definition) is 4. The third-order valence-corrected chi connectivity index (χ3v) is 5.23. The summed E-state index contributed by atoms with van der Waals surface area (Å²) in [6.45, 7) is -0.0351. The fourth-order valence-electron chi connectivity index (χ4n) is 3.37. The predicted molar refractivity (Wildman–Crippen MR) is 130 cm³/mol. The van der Waals surface area contributed by atoms with Gasteiger partial charge in [-0.15, -0.1) is 0 Å². The molecule has 0 saturated heterocycles. The monoisotopic (exact) mass is 498 g/mol. The summed E-state index contributed by atoms with van der Waals surface area (Å²) < 4.78 is 18.2. The summed E-state index contributed by atoms with van der Waals surface area (Å²) in [5, 5.41) is 15.0. The van der Waals surface area contributed by atoms with Crippen molar-refractivity contribution in [3.05, 3.63) is 100 Å². The molecular weight excluding hydrogens is 475 g/mol. The van der Waals surface area contributed by atoms with E-state index in [-0.39, 0.29) is 37.6 Å². The number of anilines is 1. The minimum Gasteiger partial charge on any atom is -0.481 e. The number of carbonyl (C=O) groups is 3. The molecule has 3 rings (SSSR count). The maximum atomic E-state index is 13.0. The topological polar surface area (TPSA) is 105 Å². The van der Waals surface area contributed by atoms with E-state index in [2.05, 4.69) is 10.6 Å². The Morgan fingerprint density at radius 2 is 1.63 bits per heavy atom. The van der Waals surface area contributed by atoms with Crippen molar-refractivity contribution in [3.8, 4) is 0 Å². The highest BCUT2D eigenvalue weighted by molar-refractivity contribution is 6.30. The molecule has 0 spiro atoms. The Kier molecular flexibility index (Phi) is 9.20. The van der Waals surface area contributed by atoms with Crippen LogP contribution in [-0.2, 0) is 33.8 Å². The van der Waals surface area contributed by atoms with Crippen molar-refractivity contribution in [2.24, 2.45) is 0 Å². The van der Waals surface area contributed by atoms with Crippen LogP contribution in [0.15, 0.2) is 72.8 Å². The lowest BCUT2D eigenvalue weighted by Crippen LogP contribution is -2.38. The minimum atomic E-state index is -1.05. The van der Waals surface area contributed by atoms with Crippen LogP contribution in [0, 0.1) is 5.82 Å². The molecule has 3 aromatic carbocycles. The second-order valence-electron chi connectivity index (χ2n) is 7.90. The van der Waals surface area contributed by atoms with Gasteiger partial charge in [0.05, 0.1) is 12.8 Å². The number of ether oxygens (including phenoxy) is 1. The molecule has 0 aliphatic heterocycles. The van der Waals surface area contributed by atoms with Crippen LogP contribution in [-0.4, -0.2) is 29.1 Å². The van der Waals surface area contributed by atoms with Gasteiger partial charge in [0.1, 0.15) is 12.4 Å². The van der Waals surface area contributed by atoms with Crippen molar-refractivity contribution in [3.63, 3.8) is 0 Å². The number of aliphatic carboxylic acids is 1. The van der Waals surface area contributed by atoms with Crippen molar-refractivity contribution in [1.82, 2.24) is 5.32 Å². The van der Waals surface area contributed by atoms with Crippen LogP contribution < -0.4 is 10.6 Å². The second-order valence-corrected chi connectivity index (χ2v) is 8.33. The lowest BCUT2D eigenvalue weighted by atomic mass is 10.0. The fraction of sp³-hybridized carbons (Fsp3) is 0.192. The third kappa shape index (κ3) is 9.10. The normalized spacial score (nSPS) is 11.4. The second kappa shape index (κ2) is 12.5. The Hall–Kier alpha value is -3.91. The van der Waals surface area contributed by atoms with E-state index in [1.54, 1.807) is 60.7 Å². The Morgan fingerprint density at radius 3 is 2.29 bits per heavy atom. The first-order valence-electron chi connectivity index (χ1n) is 10.8. The van der Waals surface area contributed by atoms with E-state index in [0.717, 1.165) is 5.56 Å². The Morgan fingerprint density at radius 1 is 0.943 bits per heavy atom. The van der Waals surface area contributed by atoms with Gasteiger partial charge in [-0.25, -0.2) is 9.18 Å². The molecule has 0 radical (unpaired) electrons. The number of hydrogen-bond donors (Lipinski definition) is 3. The van der Waals surface area contributed by atoms with Crippen molar-refractivity contribution >= 4 is 35.3 Å². The summed E-state index contributed by atoms with van der Waals surface area (Å²) in [4.78, 5) is 35.6. The molecule has 0 aliphatic rings. The molecule has 0 heterocycles. The number of carboxylic acids is 1. The number of rotatable bonds is 10. The van der Waals surface area contributed by atoms with Gasteiger partial charge in [0.2, 0.25) is 5.91 Å². The Bertz CT molecular complexity index is 1170. The van der Waals surface area contributed by atoms with Crippen molar-refractivity contribution in [1.29, 1.82) is 0 Å². The zero-order valence-corrected chi connectivity index (χ0v) is 19.4. The van der Waals surface area contributed by atoms with Crippen LogP contribution in [0.4, 0.5) is 14.9 Å². The lowest BCUT2D eigenvalue weighted by molar-refractivity contribution is -0.137. The number of amides is 2. The molecule has 0 fully saturated rings. The molecule has 35 heavy (non-hydrogen) atoms. The Labute approximate surface area is 206 Å². The molecule has 0 aliphatic carbocycles. The summed E-state index contributed by atoms with van der Waals surface area (Å²) in [5.41, 5.74) is 2.73. The summed E-state index contributed by atoms with van der Waals surface area (Å²) in [7, 11) is 0. The average molecular weight is 499 g/mol. The third-order valence-electron chi connectivity index (χ3n) is 5.00. The van der Waals surface area contributed by atoms with Gasteiger partial charge in [-0.2, -0.15) is 0 Å². The largest absolute Gasteiger partial charge is 0.481 e. The number of carboxylic acid groups (broad SMARTS) is 1. The van der Waals surface area contributed by atoms with Gasteiger partial charge in [-0.3, -0.25) is 9.59 Å². The molecule has 3 N–H and O–H groups in total. The van der Waals surface area contributed by atoms with Gasteiger partial charge in [-0.1, -0.05) is 48.0 Å². The molecule has 182 valence electrons. The van der Waals surface area contributed by atoms with Gasteiger partial charge in [0.25, 0.3) is 0 Å². The van der Waals surface area contributed by atoms with Gasteiger partial charge >= 0.3 is 12.1 Å². The van der Waals surface area contributed by atoms with Gasteiger partial charge < -0.3 is 20.5 Å². The maximum absolute atomic E-state index is 13.0. The van der Waals surface area contributed by atoms with Gasteiger partial charge in [0.15, 0.2) is 0 Å². The van der Waals surface area contributed by atoms with E-state index >= 15 is 0 Å². The number of carbonyl (C=O) groups excluding carboxylic acids is 2.